The summed E-state index contributed by atoms with van der Waals surface area (Å²) in [5.74, 6) is 1.82. The fourth-order valence-electron chi connectivity index (χ4n) is 11.6. The van der Waals surface area contributed by atoms with Crippen LogP contribution in [0.3, 0.4) is 0 Å². The van der Waals surface area contributed by atoms with Crippen LogP contribution in [0.15, 0.2) is 285 Å². The maximum absolute atomic E-state index is 5.43. The van der Waals surface area contributed by atoms with Crippen molar-refractivity contribution in [1.82, 2.24) is 24.1 Å². The van der Waals surface area contributed by atoms with E-state index in [9.17, 15) is 0 Å². The summed E-state index contributed by atoms with van der Waals surface area (Å²) in [7, 11) is -2.89. The SMILES string of the molecule is c1ccc(-c2nc(-c3ccccc3)nc(-c3cc(-n4c5ccccc5c5ccc(-n6c7ccccc7c7ccccc76)cc54)ccc3-c3cccc([Si](c4ccccc4)(c4ccccc4)c4ccccc4)c3)n2)cc1. The molecule has 352 valence electrons. The van der Waals surface area contributed by atoms with Gasteiger partial charge in [0, 0.05) is 49.6 Å². The molecule has 0 fully saturated rings. The molecule has 75 heavy (non-hydrogen) atoms. The molecule has 0 radical (unpaired) electrons. The molecule has 0 aliphatic carbocycles. The Balaban J connectivity index is 1.04. The van der Waals surface area contributed by atoms with Gasteiger partial charge in [-0.25, -0.2) is 15.0 Å². The summed E-state index contributed by atoms with van der Waals surface area (Å²) in [5.41, 5.74) is 11.5. The second-order valence-corrected chi connectivity index (χ2v) is 22.9. The van der Waals surface area contributed by atoms with Crippen molar-refractivity contribution in [1.29, 1.82) is 0 Å². The molecule has 11 aromatic carbocycles. The van der Waals surface area contributed by atoms with E-state index in [2.05, 4.69) is 258 Å². The van der Waals surface area contributed by atoms with E-state index in [-0.39, 0.29) is 0 Å². The molecule has 0 spiro atoms. The van der Waals surface area contributed by atoms with Gasteiger partial charge in [-0.3, -0.25) is 0 Å². The number of nitrogens with zero attached hydrogens (tertiary/aromatic N) is 5. The Morgan fingerprint density at radius 1 is 0.240 bits per heavy atom. The Bertz CT molecular complexity index is 4190. The monoisotopic (exact) mass is 973 g/mol. The van der Waals surface area contributed by atoms with Gasteiger partial charge < -0.3 is 9.13 Å². The molecule has 6 heteroatoms. The second kappa shape index (κ2) is 18.4. The van der Waals surface area contributed by atoms with Gasteiger partial charge >= 0.3 is 0 Å². The standard InChI is InChI=1S/C69H47N5Si/c1-6-23-48(24-7-1)67-70-68(49-25-8-2-9-26-49)72-69(71-67)62-46-51(74-65-40-21-18-37-60(65)61-44-42-52(47-66(61)74)73-63-38-19-16-35-58(63)59-36-17-20-39-64(59)73)41-43-57(62)50-27-22-34-56(45-50)75(53-28-10-3-11-29-53,54-30-12-4-13-31-54)55-32-14-5-15-33-55/h1-47H. The van der Waals surface area contributed by atoms with Crippen molar-refractivity contribution >= 4 is 72.4 Å². The van der Waals surface area contributed by atoms with Crippen LogP contribution in [0.5, 0.6) is 0 Å². The Labute approximate surface area is 436 Å². The first-order valence-electron chi connectivity index (χ1n) is 25.5. The van der Waals surface area contributed by atoms with Gasteiger partial charge in [-0.15, -0.1) is 0 Å². The molecule has 0 atom stereocenters. The highest BCUT2D eigenvalue weighted by Gasteiger charge is 2.41. The van der Waals surface area contributed by atoms with Crippen LogP contribution in [0.1, 0.15) is 0 Å². The fraction of sp³-hybridized carbons (Fsp3) is 0. The minimum Gasteiger partial charge on any atom is -0.309 e. The zero-order chi connectivity index (χ0) is 49.7. The third-order valence-corrected chi connectivity index (χ3v) is 19.7. The summed E-state index contributed by atoms with van der Waals surface area (Å²) in [6.45, 7) is 0. The van der Waals surface area contributed by atoms with Crippen LogP contribution in [0.2, 0.25) is 0 Å². The number of para-hydroxylation sites is 3. The molecule has 0 aliphatic heterocycles. The highest BCUT2D eigenvalue weighted by atomic mass is 28.3. The van der Waals surface area contributed by atoms with E-state index in [1.54, 1.807) is 0 Å². The van der Waals surface area contributed by atoms with Gasteiger partial charge in [0.1, 0.15) is 0 Å². The van der Waals surface area contributed by atoms with E-state index < -0.39 is 8.07 Å². The molecular weight excluding hydrogens is 927 g/mol. The van der Waals surface area contributed by atoms with E-state index in [0.717, 1.165) is 50.2 Å². The predicted molar refractivity (Wildman–Crippen MR) is 314 cm³/mol. The van der Waals surface area contributed by atoms with Crippen molar-refractivity contribution in [2.24, 2.45) is 0 Å². The molecule has 14 rings (SSSR count). The molecule has 0 amide bonds. The molecule has 5 nitrogen and oxygen atoms in total. The van der Waals surface area contributed by atoms with Crippen LogP contribution < -0.4 is 20.7 Å². The topological polar surface area (TPSA) is 48.5 Å². The molecular formula is C69H47N5Si. The summed E-state index contributed by atoms with van der Waals surface area (Å²) < 4.78 is 4.82. The third kappa shape index (κ3) is 7.41. The Morgan fingerprint density at radius 2 is 0.613 bits per heavy atom. The van der Waals surface area contributed by atoms with Crippen molar-refractivity contribution < 1.29 is 0 Å². The van der Waals surface area contributed by atoms with Gasteiger partial charge in [0.15, 0.2) is 25.5 Å². The summed E-state index contributed by atoms with van der Waals surface area (Å²) in [6, 6.07) is 103. The van der Waals surface area contributed by atoms with Gasteiger partial charge in [0.25, 0.3) is 0 Å². The third-order valence-electron chi connectivity index (χ3n) is 14.9. The number of fused-ring (bicyclic) bond motifs is 6. The van der Waals surface area contributed by atoms with E-state index in [1.807, 2.05) is 36.4 Å². The van der Waals surface area contributed by atoms with Gasteiger partial charge in [0.05, 0.1) is 22.1 Å². The van der Waals surface area contributed by atoms with E-state index in [0.29, 0.717) is 17.5 Å². The normalized spacial score (nSPS) is 11.7. The van der Waals surface area contributed by atoms with Crippen LogP contribution in [-0.4, -0.2) is 32.2 Å². The lowest BCUT2D eigenvalue weighted by Gasteiger charge is -2.34. The number of rotatable bonds is 10. The number of hydrogen-bond donors (Lipinski definition) is 0. The molecule has 0 aliphatic rings. The summed E-state index contributed by atoms with van der Waals surface area (Å²) in [5, 5.41) is 10.1. The van der Waals surface area contributed by atoms with Crippen molar-refractivity contribution in [2.75, 3.05) is 0 Å². The summed E-state index contributed by atoms with van der Waals surface area (Å²) in [4.78, 5) is 16.0. The molecule has 14 aromatic rings. The minimum atomic E-state index is -2.89. The smallest absolute Gasteiger partial charge is 0.179 e. The second-order valence-electron chi connectivity index (χ2n) is 19.1. The van der Waals surface area contributed by atoms with Crippen LogP contribution in [0, 0.1) is 0 Å². The number of aromatic nitrogens is 5. The van der Waals surface area contributed by atoms with E-state index in [1.165, 1.54) is 53.3 Å². The van der Waals surface area contributed by atoms with Gasteiger partial charge in [-0.2, -0.15) is 0 Å². The fourth-order valence-corrected chi connectivity index (χ4v) is 16.4. The van der Waals surface area contributed by atoms with E-state index >= 15 is 0 Å². The molecule has 0 saturated heterocycles. The quantitative estimate of drug-likeness (QED) is 0.101. The number of hydrogen-bond acceptors (Lipinski definition) is 3. The Hall–Kier alpha value is -9.75. The van der Waals surface area contributed by atoms with Crippen LogP contribution >= 0.6 is 0 Å². The van der Waals surface area contributed by atoms with Crippen molar-refractivity contribution in [3.63, 3.8) is 0 Å². The number of benzene rings is 11. The maximum atomic E-state index is 5.43. The van der Waals surface area contributed by atoms with Gasteiger partial charge in [-0.05, 0) is 74.3 Å². The van der Waals surface area contributed by atoms with Crippen LogP contribution in [0.25, 0.3) is 100 Å². The highest BCUT2D eigenvalue weighted by Crippen LogP contribution is 2.40. The van der Waals surface area contributed by atoms with E-state index in [4.69, 9.17) is 15.0 Å². The van der Waals surface area contributed by atoms with Crippen LogP contribution in [0.4, 0.5) is 0 Å². The zero-order valence-corrected chi connectivity index (χ0v) is 41.9. The average molecular weight is 974 g/mol. The van der Waals surface area contributed by atoms with Crippen molar-refractivity contribution in [3.05, 3.63) is 285 Å². The first kappa shape index (κ1) is 44.0. The largest absolute Gasteiger partial charge is 0.309 e. The molecule has 0 bridgehead atoms. The van der Waals surface area contributed by atoms with Gasteiger partial charge in [-0.1, -0.05) is 243 Å². The molecule has 3 aromatic heterocycles. The first-order chi connectivity index (χ1) is 37.2. The Morgan fingerprint density at radius 3 is 1.12 bits per heavy atom. The first-order valence-corrected chi connectivity index (χ1v) is 27.5. The minimum absolute atomic E-state index is 0.592. The van der Waals surface area contributed by atoms with Crippen molar-refractivity contribution in [3.8, 4) is 56.7 Å². The average Bonchev–Trinajstić information content (AvgIpc) is 4.03. The lowest BCUT2D eigenvalue weighted by molar-refractivity contribution is 1.07. The summed E-state index contributed by atoms with van der Waals surface area (Å²) in [6.07, 6.45) is 0. The predicted octanol–water partition coefficient (Wildman–Crippen LogP) is 14.1. The maximum Gasteiger partial charge on any atom is 0.179 e. The lowest BCUT2D eigenvalue weighted by atomic mass is 9.98. The van der Waals surface area contributed by atoms with Crippen molar-refractivity contribution in [2.45, 2.75) is 0 Å². The molecule has 0 saturated carbocycles. The Kier molecular flexibility index (Phi) is 10.8. The molecule has 0 unspecified atom stereocenters. The lowest BCUT2D eigenvalue weighted by Crippen LogP contribution is -2.74. The van der Waals surface area contributed by atoms with Gasteiger partial charge in [0.2, 0.25) is 0 Å². The van der Waals surface area contributed by atoms with Crippen LogP contribution in [-0.2, 0) is 0 Å². The molecule has 3 heterocycles. The zero-order valence-electron chi connectivity index (χ0n) is 40.9. The highest BCUT2D eigenvalue weighted by molar-refractivity contribution is 7.19. The molecule has 0 N–H and O–H groups in total. The summed E-state index contributed by atoms with van der Waals surface area (Å²) >= 11 is 0.